The predicted octanol–water partition coefficient (Wildman–Crippen LogP) is 4.29. The van der Waals surface area contributed by atoms with Crippen molar-refractivity contribution >= 4 is 22.7 Å². The molecule has 1 unspecified atom stereocenters. The zero-order valence-corrected chi connectivity index (χ0v) is 18.4. The Morgan fingerprint density at radius 3 is 2.70 bits per heavy atom. The second-order valence-electron chi connectivity index (χ2n) is 8.07. The number of hydrogen-bond acceptors (Lipinski definition) is 5. The minimum absolute atomic E-state index is 0.165. The largest absolute Gasteiger partial charge is 0.497 e. The number of amides is 1. The number of oxazole rings is 1. The molecular weight excluding hydrogens is 418 g/mol. The predicted molar refractivity (Wildman–Crippen MR) is 125 cm³/mol. The fraction of sp³-hybridized carbons (Fsp3) is 0.192. The van der Waals surface area contributed by atoms with Crippen LogP contribution in [0.25, 0.3) is 11.1 Å². The number of methoxy groups -OCH3 is 1. The number of aryl methyl sites for hydroxylation is 1. The Bertz CT molecular complexity index is 1420. The van der Waals surface area contributed by atoms with Gasteiger partial charge < -0.3 is 9.15 Å². The van der Waals surface area contributed by atoms with E-state index in [2.05, 4.69) is 0 Å². The van der Waals surface area contributed by atoms with Gasteiger partial charge in [0.15, 0.2) is 5.58 Å². The number of fused-ring (bicyclic) bond motifs is 1. The molecule has 166 valence electrons. The van der Waals surface area contributed by atoms with Gasteiger partial charge in [0.25, 0.3) is 5.91 Å². The first-order valence-electron chi connectivity index (χ1n) is 10.7. The SMILES string of the molecule is COc1cccc(C2CC(c3ccccc3)=NN2C(=O)Cn2c(=O)oc3ccc(C)cc32)c1. The van der Waals surface area contributed by atoms with Gasteiger partial charge in [-0.3, -0.25) is 9.36 Å². The Morgan fingerprint density at radius 2 is 1.91 bits per heavy atom. The third kappa shape index (κ3) is 3.93. The summed E-state index contributed by atoms with van der Waals surface area (Å²) in [6.07, 6.45) is 0.559. The van der Waals surface area contributed by atoms with E-state index in [1.54, 1.807) is 13.2 Å². The number of nitrogens with zero attached hydrogens (tertiary/aromatic N) is 3. The van der Waals surface area contributed by atoms with E-state index in [1.807, 2.05) is 73.7 Å². The maximum Gasteiger partial charge on any atom is 0.420 e. The molecule has 33 heavy (non-hydrogen) atoms. The molecule has 3 aromatic carbocycles. The quantitative estimate of drug-likeness (QED) is 0.463. The number of rotatable bonds is 5. The number of carbonyl (C=O) groups excluding carboxylic acids is 1. The van der Waals surface area contributed by atoms with Gasteiger partial charge in [-0.2, -0.15) is 5.10 Å². The number of carbonyl (C=O) groups is 1. The lowest BCUT2D eigenvalue weighted by molar-refractivity contribution is -0.133. The lowest BCUT2D eigenvalue weighted by Gasteiger charge is -2.22. The summed E-state index contributed by atoms with van der Waals surface area (Å²) in [5, 5.41) is 6.18. The first kappa shape index (κ1) is 20.8. The van der Waals surface area contributed by atoms with Crippen molar-refractivity contribution in [2.24, 2.45) is 5.10 Å². The van der Waals surface area contributed by atoms with Gasteiger partial charge in [-0.25, -0.2) is 9.80 Å². The van der Waals surface area contributed by atoms with Crippen LogP contribution in [0.3, 0.4) is 0 Å². The molecule has 0 saturated heterocycles. The van der Waals surface area contributed by atoms with Crippen LogP contribution in [0.5, 0.6) is 5.75 Å². The summed E-state index contributed by atoms with van der Waals surface area (Å²) >= 11 is 0. The fourth-order valence-electron chi connectivity index (χ4n) is 4.18. The Hall–Kier alpha value is -4.13. The third-order valence-corrected chi connectivity index (χ3v) is 5.87. The molecule has 1 atom stereocenters. The topological polar surface area (TPSA) is 77.0 Å². The van der Waals surface area contributed by atoms with E-state index in [4.69, 9.17) is 14.3 Å². The van der Waals surface area contributed by atoms with Crippen molar-refractivity contribution in [3.8, 4) is 5.75 Å². The standard InChI is InChI=1S/C26H23N3O4/c1-17-11-12-24-23(13-17)28(26(31)33-24)16-25(30)29-22(19-9-6-10-20(14-19)32-2)15-21(27-29)18-7-4-3-5-8-18/h3-14,22H,15-16H2,1-2H3. The summed E-state index contributed by atoms with van der Waals surface area (Å²) in [4.78, 5) is 26.0. The van der Waals surface area contributed by atoms with E-state index in [-0.39, 0.29) is 18.5 Å². The van der Waals surface area contributed by atoms with E-state index in [0.717, 1.165) is 22.4 Å². The first-order chi connectivity index (χ1) is 16.0. The lowest BCUT2D eigenvalue weighted by atomic mass is 9.98. The van der Waals surface area contributed by atoms with E-state index in [9.17, 15) is 9.59 Å². The minimum atomic E-state index is -0.562. The Kier molecular flexibility index (Phi) is 5.30. The average Bonchev–Trinajstić information content (AvgIpc) is 3.42. The average molecular weight is 441 g/mol. The molecule has 7 heteroatoms. The van der Waals surface area contributed by atoms with Gasteiger partial charge >= 0.3 is 5.76 Å². The highest BCUT2D eigenvalue weighted by molar-refractivity contribution is 6.03. The molecule has 0 saturated carbocycles. The van der Waals surface area contributed by atoms with Crippen molar-refractivity contribution in [1.82, 2.24) is 9.58 Å². The van der Waals surface area contributed by atoms with Crippen LogP contribution in [0, 0.1) is 6.92 Å². The monoisotopic (exact) mass is 441 g/mol. The van der Waals surface area contributed by atoms with E-state index in [1.165, 1.54) is 9.58 Å². The van der Waals surface area contributed by atoms with Gasteiger partial charge in [-0.05, 0) is 47.9 Å². The van der Waals surface area contributed by atoms with Crippen LogP contribution in [0.1, 0.15) is 29.2 Å². The van der Waals surface area contributed by atoms with Crippen LogP contribution >= 0.6 is 0 Å². The van der Waals surface area contributed by atoms with Crippen molar-refractivity contribution in [3.05, 3.63) is 100 Å². The fourth-order valence-corrected chi connectivity index (χ4v) is 4.18. The molecule has 0 radical (unpaired) electrons. The van der Waals surface area contributed by atoms with E-state index < -0.39 is 5.76 Å². The molecule has 0 fully saturated rings. The molecule has 0 aliphatic carbocycles. The van der Waals surface area contributed by atoms with Crippen LogP contribution in [-0.2, 0) is 11.3 Å². The molecule has 0 bridgehead atoms. The number of aromatic nitrogens is 1. The number of hydrogen-bond donors (Lipinski definition) is 0. The highest BCUT2D eigenvalue weighted by atomic mass is 16.5. The second-order valence-corrected chi connectivity index (χ2v) is 8.07. The van der Waals surface area contributed by atoms with Crippen molar-refractivity contribution in [3.63, 3.8) is 0 Å². The molecule has 1 aliphatic heterocycles. The molecule has 1 aromatic heterocycles. The smallest absolute Gasteiger partial charge is 0.420 e. The number of benzene rings is 3. The van der Waals surface area contributed by atoms with Crippen molar-refractivity contribution in [2.45, 2.75) is 25.9 Å². The molecule has 0 N–H and O–H groups in total. The van der Waals surface area contributed by atoms with Crippen molar-refractivity contribution in [1.29, 1.82) is 0 Å². The Balaban J connectivity index is 1.53. The zero-order valence-electron chi connectivity index (χ0n) is 18.4. The second kappa shape index (κ2) is 8.43. The highest BCUT2D eigenvalue weighted by Gasteiger charge is 2.34. The molecule has 0 spiro atoms. The minimum Gasteiger partial charge on any atom is -0.497 e. The maximum atomic E-state index is 13.5. The summed E-state index contributed by atoms with van der Waals surface area (Å²) in [5.74, 6) is -0.144. The van der Waals surface area contributed by atoms with Gasteiger partial charge in [-0.1, -0.05) is 48.5 Å². The van der Waals surface area contributed by atoms with Gasteiger partial charge in [0, 0.05) is 6.42 Å². The zero-order chi connectivity index (χ0) is 22.9. The lowest BCUT2D eigenvalue weighted by Crippen LogP contribution is -2.32. The maximum absolute atomic E-state index is 13.5. The summed E-state index contributed by atoms with van der Waals surface area (Å²) in [7, 11) is 1.61. The normalized spacial score (nSPS) is 15.6. The van der Waals surface area contributed by atoms with Gasteiger partial charge in [0.1, 0.15) is 12.3 Å². The Morgan fingerprint density at radius 1 is 1.09 bits per heavy atom. The van der Waals surface area contributed by atoms with Crippen LogP contribution in [0.4, 0.5) is 0 Å². The molecular formula is C26H23N3O4. The van der Waals surface area contributed by atoms with Crippen LogP contribution in [0.15, 0.2) is 87.1 Å². The molecule has 2 heterocycles. The van der Waals surface area contributed by atoms with E-state index >= 15 is 0 Å². The molecule has 5 rings (SSSR count). The van der Waals surface area contributed by atoms with E-state index in [0.29, 0.717) is 23.3 Å². The molecule has 7 nitrogen and oxygen atoms in total. The van der Waals surface area contributed by atoms with Gasteiger partial charge in [-0.15, -0.1) is 0 Å². The summed E-state index contributed by atoms with van der Waals surface area (Å²) in [6.45, 7) is 1.76. The molecule has 1 amide bonds. The first-order valence-corrected chi connectivity index (χ1v) is 10.7. The van der Waals surface area contributed by atoms with Crippen LogP contribution in [-0.4, -0.2) is 28.3 Å². The van der Waals surface area contributed by atoms with Crippen molar-refractivity contribution < 1.29 is 13.9 Å². The number of ether oxygens (including phenoxy) is 1. The Labute approximate surface area is 190 Å². The molecule has 4 aromatic rings. The summed E-state index contributed by atoms with van der Waals surface area (Å²) in [6, 6.07) is 22.6. The van der Waals surface area contributed by atoms with Crippen molar-refractivity contribution in [2.75, 3.05) is 7.11 Å². The summed E-state index contributed by atoms with van der Waals surface area (Å²) in [5.41, 5.74) is 4.72. The third-order valence-electron chi connectivity index (χ3n) is 5.87. The number of hydrazone groups is 1. The van der Waals surface area contributed by atoms with Gasteiger partial charge in [0.05, 0.1) is 24.4 Å². The molecule has 1 aliphatic rings. The van der Waals surface area contributed by atoms with Crippen LogP contribution in [0.2, 0.25) is 0 Å². The summed E-state index contributed by atoms with van der Waals surface area (Å²) < 4.78 is 12.1. The van der Waals surface area contributed by atoms with Crippen LogP contribution < -0.4 is 10.5 Å². The highest BCUT2D eigenvalue weighted by Crippen LogP contribution is 2.34. The van der Waals surface area contributed by atoms with Gasteiger partial charge in [0.2, 0.25) is 0 Å².